The van der Waals surface area contributed by atoms with E-state index in [4.69, 9.17) is 0 Å². The van der Waals surface area contributed by atoms with Gasteiger partial charge in [-0.1, -0.05) is 24.6 Å². The molecule has 22 heavy (non-hydrogen) atoms. The van der Waals surface area contributed by atoms with Crippen molar-refractivity contribution in [3.63, 3.8) is 0 Å². The minimum absolute atomic E-state index is 0.0491. The van der Waals surface area contributed by atoms with Crippen molar-refractivity contribution in [3.05, 3.63) is 53.9 Å². The van der Waals surface area contributed by atoms with Crippen molar-refractivity contribution in [1.82, 2.24) is 4.98 Å². The monoisotopic (exact) mass is 314 g/mol. The number of aromatic nitrogens is 1. The largest absolute Gasteiger partial charge is 0.264 e. The van der Waals surface area contributed by atoms with Gasteiger partial charge in [0.1, 0.15) is 0 Å². The van der Waals surface area contributed by atoms with Gasteiger partial charge in [-0.3, -0.25) is 9.29 Å². The van der Waals surface area contributed by atoms with Crippen LogP contribution in [0.25, 0.3) is 0 Å². The van der Waals surface area contributed by atoms with Crippen LogP contribution in [0.15, 0.2) is 47.5 Å². The molecule has 3 atom stereocenters. The van der Waals surface area contributed by atoms with Gasteiger partial charge in [-0.2, -0.15) is 0 Å². The summed E-state index contributed by atoms with van der Waals surface area (Å²) < 4.78 is 27.9. The van der Waals surface area contributed by atoms with Crippen molar-refractivity contribution >= 4 is 15.7 Å². The van der Waals surface area contributed by atoms with E-state index in [0.717, 1.165) is 23.4 Å². The molecule has 2 aromatic rings. The van der Waals surface area contributed by atoms with Crippen LogP contribution in [0.4, 0.5) is 5.69 Å². The lowest BCUT2D eigenvalue weighted by Crippen LogP contribution is -2.57. The summed E-state index contributed by atoms with van der Waals surface area (Å²) in [4.78, 5) is 4.81. The molecule has 0 amide bonds. The smallest absolute Gasteiger partial charge is 0.261 e. The summed E-state index contributed by atoms with van der Waals surface area (Å²) in [5.41, 5.74) is 2.73. The molecular weight excluding hydrogens is 296 g/mol. The predicted molar refractivity (Wildman–Crippen MR) is 85.4 cm³/mol. The van der Waals surface area contributed by atoms with Crippen LogP contribution in [0.3, 0.4) is 0 Å². The molecule has 114 valence electrons. The summed E-state index contributed by atoms with van der Waals surface area (Å²) in [5.74, 6) is 0.716. The molecule has 0 saturated heterocycles. The molecule has 3 heterocycles. The van der Waals surface area contributed by atoms with Gasteiger partial charge in [-0.15, -0.1) is 0 Å². The van der Waals surface area contributed by atoms with Crippen molar-refractivity contribution in [3.8, 4) is 0 Å². The molecule has 1 aliphatic carbocycles. The molecule has 1 fully saturated rings. The van der Waals surface area contributed by atoms with Gasteiger partial charge in [-0.05, 0) is 43.5 Å². The first kappa shape index (κ1) is 13.8. The minimum atomic E-state index is -3.54. The van der Waals surface area contributed by atoms with Crippen molar-refractivity contribution in [2.45, 2.75) is 37.1 Å². The van der Waals surface area contributed by atoms with E-state index in [1.807, 2.05) is 31.2 Å². The summed E-state index contributed by atoms with van der Waals surface area (Å²) in [6.07, 6.45) is 2.62. The van der Waals surface area contributed by atoms with Crippen LogP contribution in [0.1, 0.15) is 30.5 Å². The lowest BCUT2D eigenvalue weighted by molar-refractivity contribution is 0.209. The van der Waals surface area contributed by atoms with Gasteiger partial charge in [0.05, 0.1) is 16.3 Å². The van der Waals surface area contributed by atoms with E-state index < -0.39 is 10.0 Å². The lowest BCUT2D eigenvalue weighted by atomic mass is 9.65. The standard InChI is InChI=1S/C17H18N2O2S/c1-11-5-7-13(8-6-11)22(20,21)19-15-4-3-9-18-17(15)14-10-16(19)12(14)2/h3-9,12,14,16H,10H2,1-2H3. The van der Waals surface area contributed by atoms with Crippen LogP contribution in [-0.2, 0) is 10.0 Å². The topological polar surface area (TPSA) is 50.3 Å². The zero-order valence-corrected chi connectivity index (χ0v) is 13.4. The van der Waals surface area contributed by atoms with Crippen LogP contribution >= 0.6 is 0 Å². The first-order valence-electron chi connectivity index (χ1n) is 7.56. The average molecular weight is 314 g/mol. The Labute approximate surface area is 130 Å². The Morgan fingerprint density at radius 1 is 1.18 bits per heavy atom. The fourth-order valence-corrected chi connectivity index (χ4v) is 5.38. The molecular formula is C17H18N2O2S. The highest BCUT2D eigenvalue weighted by atomic mass is 32.2. The molecule has 5 rings (SSSR count). The van der Waals surface area contributed by atoms with E-state index in [-0.39, 0.29) is 6.04 Å². The second-order valence-electron chi connectivity index (χ2n) is 6.29. The maximum absolute atomic E-state index is 13.1. The number of sulfonamides is 1. The van der Waals surface area contributed by atoms with E-state index in [1.54, 1.807) is 22.6 Å². The third-order valence-electron chi connectivity index (χ3n) is 5.02. The number of benzene rings is 1. The summed E-state index contributed by atoms with van der Waals surface area (Å²) in [5, 5.41) is 0. The Hall–Kier alpha value is -1.88. The summed E-state index contributed by atoms with van der Waals surface area (Å²) in [7, 11) is -3.54. The van der Waals surface area contributed by atoms with E-state index in [2.05, 4.69) is 11.9 Å². The molecule has 1 saturated carbocycles. The van der Waals surface area contributed by atoms with Crippen molar-refractivity contribution < 1.29 is 8.42 Å². The van der Waals surface area contributed by atoms with Crippen LogP contribution < -0.4 is 4.31 Å². The fourth-order valence-electron chi connectivity index (χ4n) is 3.62. The van der Waals surface area contributed by atoms with Gasteiger partial charge < -0.3 is 0 Å². The van der Waals surface area contributed by atoms with Gasteiger partial charge in [0.15, 0.2) is 0 Å². The number of nitrogens with zero attached hydrogens (tertiary/aromatic N) is 2. The van der Waals surface area contributed by atoms with Gasteiger partial charge in [0.2, 0.25) is 0 Å². The Balaban J connectivity index is 1.87. The van der Waals surface area contributed by atoms with E-state index in [1.165, 1.54) is 0 Å². The number of rotatable bonds is 2. The minimum Gasteiger partial charge on any atom is -0.261 e. The molecule has 1 aromatic carbocycles. The molecule has 2 bridgehead atoms. The molecule has 5 heteroatoms. The summed E-state index contributed by atoms with van der Waals surface area (Å²) in [6, 6.07) is 10.8. The molecule has 0 spiro atoms. The van der Waals surface area contributed by atoms with Gasteiger partial charge in [0, 0.05) is 18.2 Å². The van der Waals surface area contributed by atoms with E-state index in [9.17, 15) is 8.42 Å². The molecule has 0 N–H and O–H groups in total. The quantitative estimate of drug-likeness (QED) is 0.856. The normalized spacial score (nSPS) is 26.3. The van der Waals surface area contributed by atoms with Crippen LogP contribution in [-0.4, -0.2) is 19.4 Å². The van der Waals surface area contributed by atoms with Crippen LogP contribution in [0.5, 0.6) is 0 Å². The maximum atomic E-state index is 13.1. The zero-order chi connectivity index (χ0) is 15.5. The highest BCUT2D eigenvalue weighted by Crippen LogP contribution is 2.54. The Kier molecular flexibility index (Phi) is 2.85. The predicted octanol–water partition coefficient (Wildman–Crippen LogP) is 3.09. The van der Waals surface area contributed by atoms with Crippen LogP contribution in [0.2, 0.25) is 0 Å². The molecule has 2 aliphatic heterocycles. The second-order valence-corrected chi connectivity index (χ2v) is 8.11. The molecule has 3 unspecified atom stereocenters. The Morgan fingerprint density at radius 2 is 1.91 bits per heavy atom. The number of aryl methyl sites for hydroxylation is 1. The van der Waals surface area contributed by atoms with Crippen molar-refractivity contribution in [2.75, 3.05) is 4.31 Å². The second kappa shape index (κ2) is 4.56. The number of anilines is 1. The Bertz CT molecular complexity index is 830. The SMILES string of the molecule is Cc1ccc(S(=O)(=O)N2c3cccnc3C3CC2C3C)cc1. The summed E-state index contributed by atoms with van der Waals surface area (Å²) >= 11 is 0. The Morgan fingerprint density at radius 3 is 2.59 bits per heavy atom. The van der Waals surface area contributed by atoms with E-state index >= 15 is 0 Å². The van der Waals surface area contributed by atoms with Crippen molar-refractivity contribution in [2.24, 2.45) is 5.92 Å². The van der Waals surface area contributed by atoms with Gasteiger partial charge in [0.25, 0.3) is 10.0 Å². The van der Waals surface area contributed by atoms with Crippen molar-refractivity contribution in [1.29, 1.82) is 0 Å². The van der Waals surface area contributed by atoms with Gasteiger partial charge >= 0.3 is 0 Å². The number of hydrogen-bond acceptors (Lipinski definition) is 3. The molecule has 1 aromatic heterocycles. The maximum Gasteiger partial charge on any atom is 0.264 e. The number of hydrogen-bond donors (Lipinski definition) is 0. The summed E-state index contributed by atoms with van der Waals surface area (Å²) in [6.45, 7) is 4.07. The third kappa shape index (κ3) is 1.75. The zero-order valence-electron chi connectivity index (χ0n) is 12.6. The first-order chi connectivity index (χ1) is 10.5. The highest BCUT2D eigenvalue weighted by molar-refractivity contribution is 7.92. The molecule has 3 aliphatic rings. The third-order valence-corrected chi connectivity index (χ3v) is 6.87. The fraction of sp³-hybridized carbons (Fsp3) is 0.353. The molecule has 0 radical (unpaired) electrons. The molecule has 4 nitrogen and oxygen atoms in total. The number of pyridine rings is 1. The van der Waals surface area contributed by atoms with E-state index in [0.29, 0.717) is 16.7 Å². The van der Waals surface area contributed by atoms with Crippen LogP contribution in [0, 0.1) is 12.8 Å². The van der Waals surface area contributed by atoms with Gasteiger partial charge in [-0.25, -0.2) is 8.42 Å². The lowest BCUT2D eigenvalue weighted by Gasteiger charge is -2.53. The first-order valence-corrected chi connectivity index (χ1v) is 9.00. The highest BCUT2D eigenvalue weighted by Gasteiger charge is 2.52. The average Bonchev–Trinajstić information content (AvgIpc) is 2.53.